The average Bonchev–Trinajstić information content (AvgIpc) is 2.16. The zero-order valence-corrected chi connectivity index (χ0v) is 7.76. The Kier molecular flexibility index (Phi) is 3.17. The van der Waals surface area contributed by atoms with E-state index in [-0.39, 0.29) is 0 Å². The van der Waals surface area contributed by atoms with E-state index in [2.05, 4.69) is 4.98 Å². The number of rotatable bonds is 3. The van der Waals surface area contributed by atoms with Crippen molar-refractivity contribution in [1.29, 1.82) is 0 Å². The zero-order chi connectivity index (χ0) is 8.97. The molecule has 0 N–H and O–H groups in total. The number of methoxy groups -OCH3 is 2. The lowest BCUT2D eigenvalue weighted by Crippen LogP contribution is -1.95. The summed E-state index contributed by atoms with van der Waals surface area (Å²) in [4.78, 5) is 4.10. The molecular weight excluding hydrogens is 178 g/mol. The number of aromatic nitrogens is 1. The molecule has 0 atom stereocenters. The van der Waals surface area contributed by atoms with Crippen LogP contribution in [0.5, 0.6) is 11.6 Å². The van der Waals surface area contributed by atoms with Crippen LogP contribution >= 0.6 is 11.6 Å². The summed E-state index contributed by atoms with van der Waals surface area (Å²) in [6.45, 7) is 0. The molecule has 0 unspecified atom stereocenters. The summed E-state index contributed by atoms with van der Waals surface area (Å²) < 4.78 is 9.99. The maximum atomic E-state index is 5.59. The van der Waals surface area contributed by atoms with E-state index in [1.165, 1.54) is 0 Å². The Hall–Kier alpha value is -0.960. The molecular formula is C8H10ClNO2. The molecule has 0 amide bonds. The van der Waals surface area contributed by atoms with Gasteiger partial charge in [0.05, 0.1) is 25.8 Å². The number of nitrogens with zero attached hydrogens (tertiary/aromatic N) is 1. The molecule has 0 radical (unpaired) electrons. The number of hydrogen-bond acceptors (Lipinski definition) is 3. The van der Waals surface area contributed by atoms with Crippen LogP contribution in [0.25, 0.3) is 0 Å². The highest BCUT2D eigenvalue weighted by atomic mass is 35.5. The van der Waals surface area contributed by atoms with Crippen LogP contribution in [0.1, 0.15) is 5.69 Å². The van der Waals surface area contributed by atoms with Crippen molar-refractivity contribution in [1.82, 2.24) is 4.98 Å². The highest BCUT2D eigenvalue weighted by Crippen LogP contribution is 2.24. The van der Waals surface area contributed by atoms with Crippen molar-refractivity contribution in [2.45, 2.75) is 5.88 Å². The fourth-order valence-electron chi connectivity index (χ4n) is 0.842. The normalized spacial score (nSPS) is 9.58. The van der Waals surface area contributed by atoms with Gasteiger partial charge in [-0.2, -0.15) is 0 Å². The Bertz CT molecular complexity index is 265. The smallest absolute Gasteiger partial charge is 0.256 e. The molecule has 12 heavy (non-hydrogen) atoms. The first-order chi connectivity index (χ1) is 5.81. The summed E-state index contributed by atoms with van der Waals surface area (Å²) in [5, 5.41) is 0. The summed E-state index contributed by atoms with van der Waals surface area (Å²) >= 11 is 5.59. The Morgan fingerprint density at radius 2 is 2.08 bits per heavy atom. The number of ether oxygens (including phenoxy) is 2. The minimum atomic E-state index is 0.375. The van der Waals surface area contributed by atoms with Gasteiger partial charge >= 0.3 is 0 Å². The fraction of sp³-hybridized carbons (Fsp3) is 0.375. The largest absolute Gasteiger partial charge is 0.491 e. The van der Waals surface area contributed by atoms with Crippen LogP contribution in [0.2, 0.25) is 0 Å². The van der Waals surface area contributed by atoms with Crippen LogP contribution in [-0.2, 0) is 5.88 Å². The van der Waals surface area contributed by atoms with E-state index in [0.717, 1.165) is 5.69 Å². The van der Waals surface area contributed by atoms with Gasteiger partial charge in [-0.1, -0.05) is 0 Å². The molecule has 0 spiro atoms. The van der Waals surface area contributed by atoms with Gasteiger partial charge in [-0.15, -0.1) is 11.6 Å². The van der Waals surface area contributed by atoms with Crippen molar-refractivity contribution in [2.75, 3.05) is 14.2 Å². The summed E-state index contributed by atoms with van der Waals surface area (Å²) in [5.74, 6) is 1.46. The maximum absolute atomic E-state index is 5.59. The molecule has 1 heterocycles. The van der Waals surface area contributed by atoms with Gasteiger partial charge in [0.1, 0.15) is 0 Å². The van der Waals surface area contributed by atoms with Gasteiger partial charge in [0.15, 0.2) is 5.75 Å². The summed E-state index contributed by atoms with van der Waals surface area (Å²) in [6, 6.07) is 3.58. The third-order valence-electron chi connectivity index (χ3n) is 1.43. The van der Waals surface area contributed by atoms with Crippen molar-refractivity contribution >= 4 is 11.6 Å². The standard InChI is InChI=1S/C8H10ClNO2/c1-11-7-4-3-6(5-9)10-8(7)12-2/h3-4H,5H2,1-2H3. The molecule has 0 aliphatic carbocycles. The third-order valence-corrected chi connectivity index (χ3v) is 1.71. The van der Waals surface area contributed by atoms with Crippen LogP contribution in [0.4, 0.5) is 0 Å². The number of halogens is 1. The number of hydrogen-bond donors (Lipinski definition) is 0. The topological polar surface area (TPSA) is 31.4 Å². The Balaban J connectivity index is 3.02. The Labute approximate surface area is 76.3 Å². The monoisotopic (exact) mass is 187 g/mol. The van der Waals surface area contributed by atoms with Crippen LogP contribution in [0.15, 0.2) is 12.1 Å². The van der Waals surface area contributed by atoms with Crippen LogP contribution in [0.3, 0.4) is 0 Å². The van der Waals surface area contributed by atoms with Crippen LogP contribution in [-0.4, -0.2) is 19.2 Å². The van der Waals surface area contributed by atoms with E-state index in [1.807, 2.05) is 0 Å². The first-order valence-corrected chi connectivity index (χ1v) is 3.99. The minimum Gasteiger partial charge on any atom is -0.491 e. The van der Waals surface area contributed by atoms with E-state index in [1.54, 1.807) is 26.4 Å². The third kappa shape index (κ3) is 1.80. The van der Waals surface area contributed by atoms with Gasteiger partial charge < -0.3 is 9.47 Å². The lowest BCUT2D eigenvalue weighted by molar-refractivity contribution is 0.342. The van der Waals surface area contributed by atoms with E-state index in [9.17, 15) is 0 Å². The molecule has 0 aromatic carbocycles. The molecule has 3 nitrogen and oxygen atoms in total. The number of alkyl halides is 1. The van der Waals surface area contributed by atoms with Crippen molar-refractivity contribution in [3.05, 3.63) is 17.8 Å². The molecule has 0 bridgehead atoms. The molecule has 0 saturated heterocycles. The van der Waals surface area contributed by atoms with E-state index >= 15 is 0 Å². The Morgan fingerprint density at radius 3 is 2.58 bits per heavy atom. The van der Waals surface area contributed by atoms with Gasteiger partial charge in [-0.3, -0.25) is 0 Å². The van der Waals surface area contributed by atoms with Crippen LogP contribution in [0, 0.1) is 0 Å². The lowest BCUT2D eigenvalue weighted by atomic mass is 10.3. The van der Waals surface area contributed by atoms with Crippen molar-refractivity contribution in [2.24, 2.45) is 0 Å². The maximum Gasteiger partial charge on any atom is 0.256 e. The summed E-state index contributed by atoms with van der Waals surface area (Å²) in [7, 11) is 3.11. The van der Waals surface area contributed by atoms with Crippen molar-refractivity contribution < 1.29 is 9.47 Å². The molecule has 66 valence electrons. The van der Waals surface area contributed by atoms with Crippen molar-refractivity contribution in [3.8, 4) is 11.6 Å². The summed E-state index contributed by atoms with van der Waals surface area (Å²) in [6.07, 6.45) is 0. The molecule has 1 aromatic rings. The predicted molar refractivity (Wildman–Crippen MR) is 46.9 cm³/mol. The summed E-state index contributed by atoms with van der Waals surface area (Å²) in [5.41, 5.74) is 0.773. The van der Waals surface area contributed by atoms with Crippen molar-refractivity contribution in [3.63, 3.8) is 0 Å². The average molecular weight is 188 g/mol. The molecule has 0 saturated carbocycles. The van der Waals surface area contributed by atoms with Gasteiger partial charge in [0, 0.05) is 0 Å². The number of pyridine rings is 1. The second-order valence-corrected chi connectivity index (χ2v) is 2.42. The second-order valence-electron chi connectivity index (χ2n) is 2.15. The first-order valence-electron chi connectivity index (χ1n) is 3.45. The molecule has 1 rings (SSSR count). The lowest BCUT2D eigenvalue weighted by Gasteiger charge is -2.06. The molecule has 0 aliphatic heterocycles. The van der Waals surface area contributed by atoms with Gasteiger partial charge in [0.2, 0.25) is 0 Å². The quantitative estimate of drug-likeness (QED) is 0.677. The molecule has 4 heteroatoms. The second kappa shape index (κ2) is 4.16. The minimum absolute atomic E-state index is 0.375. The Morgan fingerprint density at radius 1 is 1.33 bits per heavy atom. The molecule has 1 aromatic heterocycles. The first kappa shape index (κ1) is 9.13. The van der Waals surface area contributed by atoms with Crippen LogP contribution < -0.4 is 9.47 Å². The van der Waals surface area contributed by atoms with Gasteiger partial charge in [0.25, 0.3) is 5.88 Å². The van der Waals surface area contributed by atoms with Gasteiger partial charge in [-0.05, 0) is 12.1 Å². The highest BCUT2D eigenvalue weighted by molar-refractivity contribution is 6.16. The van der Waals surface area contributed by atoms with Gasteiger partial charge in [-0.25, -0.2) is 4.98 Å². The van der Waals surface area contributed by atoms with E-state index in [4.69, 9.17) is 21.1 Å². The van der Waals surface area contributed by atoms with E-state index < -0.39 is 0 Å². The predicted octanol–water partition coefficient (Wildman–Crippen LogP) is 1.84. The fourth-order valence-corrected chi connectivity index (χ4v) is 0.991. The van der Waals surface area contributed by atoms with E-state index in [0.29, 0.717) is 17.5 Å². The molecule has 0 fully saturated rings. The molecule has 0 aliphatic rings. The zero-order valence-electron chi connectivity index (χ0n) is 7.00. The highest BCUT2D eigenvalue weighted by Gasteiger charge is 2.04. The SMILES string of the molecule is COc1ccc(CCl)nc1OC.